The van der Waals surface area contributed by atoms with E-state index in [-0.39, 0.29) is 5.82 Å². The summed E-state index contributed by atoms with van der Waals surface area (Å²) in [6, 6.07) is 14.4. The van der Waals surface area contributed by atoms with Gasteiger partial charge < -0.3 is 9.30 Å². The molecule has 0 amide bonds. The number of aromatic nitrogens is 2. The standard InChI is InChI=1S/C18H17FN2OS/c1-21-11-10-20-18(21)23-13-15-4-8-17(9-5-15)22-12-14-2-6-16(19)7-3-14/h2-11H,12-13H2,1H3. The summed E-state index contributed by atoms with van der Waals surface area (Å²) < 4.78 is 20.6. The Morgan fingerprint density at radius 1 is 1.04 bits per heavy atom. The normalized spacial score (nSPS) is 10.7. The fourth-order valence-electron chi connectivity index (χ4n) is 2.07. The first-order chi connectivity index (χ1) is 11.2. The molecule has 0 fully saturated rings. The molecule has 3 aromatic rings. The Labute approximate surface area is 139 Å². The van der Waals surface area contributed by atoms with Gasteiger partial charge in [0.1, 0.15) is 18.2 Å². The van der Waals surface area contributed by atoms with Crippen LogP contribution in [0.25, 0.3) is 0 Å². The SMILES string of the molecule is Cn1ccnc1SCc1ccc(OCc2ccc(F)cc2)cc1. The third-order valence-corrected chi connectivity index (χ3v) is 4.52. The van der Waals surface area contributed by atoms with Crippen LogP contribution in [0.1, 0.15) is 11.1 Å². The highest BCUT2D eigenvalue weighted by molar-refractivity contribution is 7.98. The van der Waals surface area contributed by atoms with Crippen LogP contribution in [-0.4, -0.2) is 9.55 Å². The van der Waals surface area contributed by atoms with Gasteiger partial charge in [0.2, 0.25) is 0 Å². The summed E-state index contributed by atoms with van der Waals surface area (Å²) in [5, 5.41) is 1.00. The van der Waals surface area contributed by atoms with Crippen molar-refractivity contribution in [2.75, 3.05) is 0 Å². The predicted octanol–water partition coefficient (Wildman–Crippen LogP) is 4.43. The summed E-state index contributed by atoms with van der Waals surface area (Å²) >= 11 is 1.70. The molecular formula is C18H17FN2OS. The van der Waals surface area contributed by atoms with Gasteiger partial charge in [-0.25, -0.2) is 9.37 Å². The van der Waals surface area contributed by atoms with Crippen LogP contribution in [0.4, 0.5) is 4.39 Å². The van der Waals surface area contributed by atoms with Gasteiger partial charge in [-0.05, 0) is 35.4 Å². The fourth-order valence-corrected chi connectivity index (χ4v) is 2.96. The van der Waals surface area contributed by atoms with E-state index < -0.39 is 0 Å². The van der Waals surface area contributed by atoms with E-state index in [1.807, 2.05) is 29.9 Å². The molecule has 0 spiro atoms. The molecule has 1 heterocycles. The van der Waals surface area contributed by atoms with E-state index in [1.54, 1.807) is 30.1 Å². The van der Waals surface area contributed by atoms with Gasteiger partial charge in [-0.2, -0.15) is 0 Å². The summed E-state index contributed by atoms with van der Waals surface area (Å²) in [6.45, 7) is 0.432. The summed E-state index contributed by atoms with van der Waals surface area (Å²) in [7, 11) is 1.99. The number of thioether (sulfide) groups is 1. The second-order valence-electron chi connectivity index (χ2n) is 5.17. The molecule has 3 rings (SSSR count). The lowest BCUT2D eigenvalue weighted by Crippen LogP contribution is -1.95. The number of hydrogen-bond acceptors (Lipinski definition) is 3. The molecule has 0 bridgehead atoms. The van der Waals surface area contributed by atoms with Crippen LogP contribution in [-0.2, 0) is 19.4 Å². The molecule has 5 heteroatoms. The lowest BCUT2D eigenvalue weighted by molar-refractivity contribution is 0.306. The second kappa shape index (κ2) is 7.33. The number of aryl methyl sites for hydroxylation is 1. The van der Waals surface area contributed by atoms with E-state index in [2.05, 4.69) is 17.1 Å². The van der Waals surface area contributed by atoms with E-state index in [1.165, 1.54) is 17.7 Å². The molecule has 23 heavy (non-hydrogen) atoms. The number of hydrogen-bond donors (Lipinski definition) is 0. The number of ether oxygens (including phenoxy) is 1. The van der Waals surface area contributed by atoms with Gasteiger partial charge >= 0.3 is 0 Å². The number of nitrogens with zero attached hydrogens (tertiary/aromatic N) is 2. The summed E-state index contributed by atoms with van der Waals surface area (Å²) in [6.07, 6.45) is 3.74. The molecule has 0 atom stereocenters. The van der Waals surface area contributed by atoms with Crippen LogP contribution in [0.15, 0.2) is 66.1 Å². The monoisotopic (exact) mass is 328 g/mol. The van der Waals surface area contributed by atoms with Crippen molar-refractivity contribution in [2.24, 2.45) is 7.05 Å². The van der Waals surface area contributed by atoms with Crippen LogP contribution in [0.5, 0.6) is 5.75 Å². The molecular weight excluding hydrogens is 311 g/mol. The van der Waals surface area contributed by atoms with Crippen molar-refractivity contribution in [3.8, 4) is 5.75 Å². The zero-order valence-corrected chi connectivity index (χ0v) is 13.6. The Hall–Kier alpha value is -2.27. The minimum absolute atomic E-state index is 0.233. The topological polar surface area (TPSA) is 27.1 Å². The first-order valence-electron chi connectivity index (χ1n) is 7.27. The number of halogens is 1. The Morgan fingerprint density at radius 3 is 2.39 bits per heavy atom. The third kappa shape index (κ3) is 4.36. The lowest BCUT2D eigenvalue weighted by Gasteiger charge is -2.07. The maximum Gasteiger partial charge on any atom is 0.167 e. The maximum atomic E-state index is 12.8. The van der Waals surface area contributed by atoms with E-state index >= 15 is 0 Å². The molecule has 0 aliphatic heterocycles. The van der Waals surface area contributed by atoms with E-state index in [0.717, 1.165) is 22.2 Å². The Balaban J connectivity index is 1.52. The molecule has 0 saturated heterocycles. The van der Waals surface area contributed by atoms with Crippen LogP contribution < -0.4 is 4.74 Å². The van der Waals surface area contributed by atoms with Crippen molar-refractivity contribution in [3.63, 3.8) is 0 Å². The van der Waals surface area contributed by atoms with Crippen molar-refractivity contribution >= 4 is 11.8 Å². The smallest absolute Gasteiger partial charge is 0.167 e. The number of rotatable bonds is 6. The molecule has 0 radical (unpaired) electrons. The van der Waals surface area contributed by atoms with Gasteiger partial charge in [-0.3, -0.25) is 0 Å². The molecule has 0 aliphatic carbocycles. The maximum absolute atomic E-state index is 12.8. The average molecular weight is 328 g/mol. The third-order valence-electron chi connectivity index (χ3n) is 3.39. The summed E-state index contributed by atoms with van der Waals surface area (Å²) in [5.41, 5.74) is 2.16. The Morgan fingerprint density at radius 2 is 1.74 bits per heavy atom. The van der Waals surface area contributed by atoms with Crippen molar-refractivity contribution in [3.05, 3.63) is 77.9 Å². The highest BCUT2D eigenvalue weighted by atomic mass is 32.2. The molecule has 0 saturated carbocycles. The lowest BCUT2D eigenvalue weighted by atomic mass is 10.2. The van der Waals surface area contributed by atoms with Gasteiger partial charge in [0, 0.05) is 25.2 Å². The molecule has 3 nitrogen and oxygen atoms in total. The van der Waals surface area contributed by atoms with E-state index in [0.29, 0.717) is 6.61 Å². The van der Waals surface area contributed by atoms with Crippen molar-refractivity contribution in [2.45, 2.75) is 17.5 Å². The Kier molecular flexibility index (Phi) is 4.98. The van der Waals surface area contributed by atoms with Crippen molar-refractivity contribution in [1.82, 2.24) is 9.55 Å². The minimum Gasteiger partial charge on any atom is -0.489 e. The molecule has 1 aromatic heterocycles. The predicted molar refractivity (Wildman–Crippen MR) is 89.9 cm³/mol. The largest absolute Gasteiger partial charge is 0.489 e. The highest BCUT2D eigenvalue weighted by Crippen LogP contribution is 2.22. The zero-order chi connectivity index (χ0) is 16.1. The quantitative estimate of drug-likeness (QED) is 0.626. The van der Waals surface area contributed by atoms with Crippen LogP contribution in [0, 0.1) is 5.82 Å². The number of benzene rings is 2. The summed E-state index contributed by atoms with van der Waals surface area (Å²) in [5.74, 6) is 1.44. The van der Waals surface area contributed by atoms with Crippen molar-refractivity contribution < 1.29 is 9.13 Å². The van der Waals surface area contributed by atoms with Gasteiger partial charge in [-0.15, -0.1) is 0 Å². The molecule has 2 aromatic carbocycles. The zero-order valence-electron chi connectivity index (χ0n) is 12.8. The van der Waals surface area contributed by atoms with E-state index in [9.17, 15) is 4.39 Å². The fraction of sp³-hybridized carbons (Fsp3) is 0.167. The van der Waals surface area contributed by atoms with Gasteiger partial charge in [-0.1, -0.05) is 36.0 Å². The van der Waals surface area contributed by atoms with Crippen LogP contribution in [0.2, 0.25) is 0 Å². The van der Waals surface area contributed by atoms with Gasteiger partial charge in [0.15, 0.2) is 5.16 Å². The van der Waals surface area contributed by atoms with Crippen molar-refractivity contribution in [1.29, 1.82) is 0 Å². The molecule has 0 unspecified atom stereocenters. The van der Waals surface area contributed by atoms with Gasteiger partial charge in [0.25, 0.3) is 0 Å². The van der Waals surface area contributed by atoms with E-state index in [4.69, 9.17) is 4.74 Å². The highest BCUT2D eigenvalue weighted by Gasteiger charge is 2.02. The summed E-state index contributed by atoms with van der Waals surface area (Å²) in [4.78, 5) is 4.29. The molecule has 118 valence electrons. The first-order valence-corrected chi connectivity index (χ1v) is 8.25. The first kappa shape index (κ1) is 15.6. The van der Waals surface area contributed by atoms with Gasteiger partial charge in [0.05, 0.1) is 0 Å². The second-order valence-corrected chi connectivity index (χ2v) is 6.11. The average Bonchev–Trinajstić information content (AvgIpc) is 2.98. The van der Waals surface area contributed by atoms with Crippen LogP contribution in [0.3, 0.4) is 0 Å². The minimum atomic E-state index is -0.233. The Bertz CT molecular complexity index is 753. The molecule has 0 aliphatic rings. The number of imidazole rings is 1. The molecule has 0 N–H and O–H groups in total. The van der Waals surface area contributed by atoms with Crippen LogP contribution >= 0.6 is 11.8 Å².